The first kappa shape index (κ1) is 18.5. The fraction of sp³-hybridized carbons (Fsp3) is 0.182. The smallest absolute Gasteiger partial charge is 0.303 e. The normalized spacial score (nSPS) is 10.4. The second-order valence-corrected chi connectivity index (χ2v) is 6.09. The third kappa shape index (κ3) is 5.31. The van der Waals surface area contributed by atoms with E-state index in [1.165, 1.54) is 0 Å². The fourth-order valence-corrected chi connectivity index (χ4v) is 2.67. The molecule has 138 valence electrons. The van der Waals surface area contributed by atoms with Crippen LogP contribution in [0.3, 0.4) is 0 Å². The van der Waals surface area contributed by atoms with E-state index >= 15 is 0 Å². The molecule has 0 amide bonds. The van der Waals surface area contributed by atoms with Crippen LogP contribution in [-0.4, -0.2) is 23.2 Å². The molecule has 5 heteroatoms. The number of carboxylic acids is 1. The lowest BCUT2D eigenvalue weighted by Crippen LogP contribution is -1.99. The van der Waals surface area contributed by atoms with Crippen LogP contribution in [0.1, 0.15) is 17.5 Å². The zero-order chi connectivity index (χ0) is 19.1. The van der Waals surface area contributed by atoms with Crippen molar-refractivity contribution in [2.75, 3.05) is 7.11 Å². The molecule has 0 atom stereocenters. The number of aromatic nitrogens is 1. The number of aliphatic carboxylic acids is 1. The molecular formula is C22H21NO4. The molecule has 0 unspecified atom stereocenters. The Morgan fingerprint density at radius 3 is 2.52 bits per heavy atom. The number of pyridine rings is 1. The van der Waals surface area contributed by atoms with Gasteiger partial charge in [-0.25, -0.2) is 4.98 Å². The summed E-state index contributed by atoms with van der Waals surface area (Å²) in [7, 11) is 1.60. The van der Waals surface area contributed by atoms with Gasteiger partial charge in [0.25, 0.3) is 0 Å². The Hall–Kier alpha value is -3.34. The number of benzene rings is 2. The van der Waals surface area contributed by atoms with Crippen molar-refractivity contribution in [1.29, 1.82) is 0 Å². The number of ether oxygens (including phenoxy) is 2. The van der Waals surface area contributed by atoms with Gasteiger partial charge in [0.05, 0.1) is 12.8 Å². The van der Waals surface area contributed by atoms with Crippen molar-refractivity contribution in [3.8, 4) is 22.9 Å². The van der Waals surface area contributed by atoms with E-state index in [0.29, 0.717) is 18.9 Å². The third-order valence-electron chi connectivity index (χ3n) is 4.11. The van der Waals surface area contributed by atoms with Gasteiger partial charge in [-0.15, -0.1) is 0 Å². The lowest BCUT2D eigenvalue weighted by molar-refractivity contribution is -0.136. The molecule has 1 heterocycles. The molecule has 2 aromatic carbocycles. The van der Waals surface area contributed by atoms with Gasteiger partial charge in [0.1, 0.15) is 12.4 Å². The SMILES string of the molecule is COc1cccc(-c2ccc(COc3cccc(CCC(=O)O)c3)cc2)n1. The molecule has 3 rings (SSSR count). The Balaban J connectivity index is 1.62. The van der Waals surface area contributed by atoms with Gasteiger partial charge < -0.3 is 14.6 Å². The van der Waals surface area contributed by atoms with E-state index in [2.05, 4.69) is 4.98 Å². The lowest BCUT2D eigenvalue weighted by atomic mass is 10.1. The quantitative estimate of drug-likeness (QED) is 0.644. The van der Waals surface area contributed by atoms with Crippen molar-refractivity contribution >= 4 is 5.97 Å². The summed E-state index contributed by atoms with van der Waals surface area (Å²) >= 11 is 0. The van der Waals surface area contributed by atoms with Crippen LogP contribution in [0.25, 0.3) is 11.3 Å². The number of hydrogen-bond donors (Lipinski definition) is 1. The van der Waals surface area contributed by atoms with Crippen molar-refractivity contribution in [2.45, 2.75) is 19.4 Å². The maximum absolute atomic E-state index is 10.7. The van der Waals surface area contributed by atoms with E-state index < -0.39 is 5.97 Å². The van der Waals surface area contributed by atoms with Crippen LogP contribution in [0.2, 0.25) is 0 Å². The number of rotatable bonds is 8. The molecule has 27 heavy (non-hydrogen) atoms. The third-order valence-corrected chi connectivity index (χ3v) is 4.11. The van der Waals surface area contributed by atoms with Crippen LogP contribution in [0.15, 0.2) is 66.7 Å². The summed E-state index contributed by atoms with van der Waals surface area (Å²) < 4.78 is 11.0. The van der Waals surface area contributed by atoms with E-state index in [1.54, 1.807) is 7.11 Å². The van der Waals surface area contributed by atoms with Crippen LogP contribution >= 0.6 is 0 Å². The highest BCUT2D eigenvalue weighted by atomic mass is 16.5. The summed E-state index contributed by atoms with van der Waals surface area (Å²) in [6, 6.07) is 21.2. The highest BCUT2D eigenvalue weighted by Crippen LogP contribution is 2.21. The number of carboxylic acid groups (broad SMARTS) is 1. The van der Waals surface area contributed by atoms with Gasteiger partial charge in [-0.3, -0.25) is 4.79 Å². The molecule has 0 aliphatic carbocycles. The summed E-state index contributed by atoms with van der Waals surface area (Å²) in [5, 5.41) is 8.79. The minimum absolute atomic E-state index is 0.114. The fourth-order valence-electron chi connectivity index (χ4n) is 2.67. The topological polar surface area (TPSA) is 68.7 Å². The molecule has 5 nitrogen and oxygen atoms in total. The predicted octanol–water partition coefficient (Wildman–Crippen LogP) is 4.35. The molecule has 0 fully saturated rings. The number of hydrogen-bond acceptors (Lipinski definition) is 4. The Morgan fingerprint density at radius 1 is 1.00 bits per heavy atom. The minimum atomic E-state index is -0.799. The predicted molar refractivity (Wildman–Crippen MR) is 103 cm³/mol. The molecule has 0 aliphatic rings. The molecule has 0 saturated carbocycles. The molecular weight excluding hydrogens is 342 g/mol. The Labute approximate surface area is 158 Å². The summed E-state index contributed by atoms with van der Waals surface area (Å²) in [5.74, 6) is 0.519. The van der Waals surface area contributed by atoms with Crippen LogP contribution in [0, 0.1) is 0 Å². The summed E-state index contributed by atoms with van der Waals surface area (Å²) in [6.07, 6.45) is 0.609. The van der Waals surface area contributed by atoms with Gasteiger partial charge >= 0.3 is 5.97 Å². The molecule has 0 bridgehead atoms. The lowest BCUT2D eigenvalue weighted by Gasteiger charge is -2.09. The Kier molecular flexibility index (Phi) is 6.05. The molecule has 0 saturated heterocycles. The first-order valence-corrected chi connectivity index (χ1v) is 8.68. The number of carbonyl (C=O) groups is 1. The monoisotopic (exact) mass is 363 g/mol. The van der Waals surface area contributed by atoms with Crippen LogP contribution in [0.4, 0.5) is 0 Å². The minimum Gasteiger partial charge on any atom is -0.489 e. The van der Waals surface area contributed by atoms with Gasteiger partial charge in [0.15, 0.2) is 0 Å². The van der Waals surface area contributed by atoms with Crippen LogP contribution in [0.5, 0.6) is 11.6 Å². The molecule has 0 radical (unpaired) electrons. The molecule has 3 aromatic rings. The van der Waals surface area contributed by atoms with E-state index in [4.69, 9.17) is 14.6 Å². The average molecular weight is 363 g/mol. The van der Waals surface area contributed by atoms with E-state index in [1.807, 2.05) is 66.7 Å². The zero-order valence-corrected chi connectivity index (χ0v) is 15.1. The van der Waals surface area contributed by atoms with Crippen molar-refractivity contribution in [1.82, 2.24) is 4.98 Å². The first-order chi connectivity index (χ1) is 13.1. The van der Waals surface area contributed by atoms with Gasteiger partial charge in [-0.2, -0.15) is 0 Å². The van der Waals surface area contributed by atoms with Crippen molar-refractivity contribution < 1.29 is 19.4 Å². The standard InChI is InChI=1S/C22H21NO4/c1-26-21-7-3-6-20(23-21)18-11-8-17(9-12-18)15-27-19-5-2-4-16(14-19)10-13-22(24)25/h2-9,11-12,14H,10,13,15H2,1H3,(H,24,25). The van der Waals surface area contributed by atoms with E-state index in [-0.39, 0.29) is 6.42 Å². The van der Waals surface area contributed by atoms with Gasteiger partial charge in [-0.1, -0.05) is 42.5 Å². The average Bonchev–Trinajstić information content (AvgIpc) is 2.71. The van der Waals surface area contributed by atoms with Gasteiger partial charge in [-0.05, 0) is 35.7 Å². The maximum atomic E-state index is 10.7. The highest BCUT2D eigenvalue weighted by molar-refractivity contribution is 5.67. The summed E-state index contributed by atoms with van der Waals surface area (Å²) in [5.41, 5.74) is 3.85. The zero-order valence-electron chi connectivity index (χ0n) is 15.1. The van der Waals surface area contributed by atoms with Crippen LogP contribution in [-0.2, 0) is 17.8 Å². The van der Waals surface area contributed by atoms with Crippen LogP contribution < -0.4 is 9.47 Å². The van der Waals surface area contributed by atoms with E-state index in [9.17, 15) is 4.79 Å². The number of nitrogens with zero attached hydrogens (tertiary/aromatic N) is 1. The highest BCUT2D eigenvalue weighted by Gasteiger charge is 2.04. The first-order valence-electron chi connectivity index (χ1n) is 8.68. The Morgan fingerprint density at radius 2 is 1.78 bits per heavy atom. The van der Waals surface area contributed by atoms with Gasteiger partial charge in [0, 0.05) is 18.1 Å². The van der Waals surface area contributed by atoms with Crippen molar-refractivity contribution in [3.63, 3.8) is 0 Å². The molecule has 0 aliphatic heterocycles. The second kappa shape index (κ2) is 8.85. The molecule has 1 N–H and O–H groups in total. The maximum Gasteiger partial charge on any atom is 0.303 e. The largest absolute Gasteiger partial charge is 0.489 e. The van der Waals surface area contributed by atoms with Crippen molar-refractivity contribution in [2.24, 2.45) is 0 Å². The summed E-state index contributed by atoms with van der Waals surface area (Å²) in [6.45, 7) is 0.439. The Bertz CT molecular complexity index is 906. The second-order valence-electron chi connectivity index (χ2n) is 6.09. The molecule has 0 spiro atoms. The number of methoxy groups -OCH3 is 1. The van der Waals surface area contributed by atoms with E-state index in [0.717, 1.165) is 28.1 Å². The molecule has 1 aromatic heterocycles. The van der Waals surface area contributed by atoms with Crippen molar-refractivity contribution in [3.05, 3.63) is 77.9 Å². The summed E-state index contributed by atoms with van der Waals surface area (Å²) in [4.78, 5) is 15.1. The number of aryl methyl sites for hydroxylation is 1. The van der Waals surface area contributed by atoms with Gasteiger partial charge in [0.2, 0.25) is 5.88 Å².